The van der Waals surface area contributed by atoms with Gasteiger partial charge < -0.3 is 9.80 Å². The van der Waals surface area contributed by atoms with Gasteiger partial charge in [0.05, 0.1) is 5.75 Å². The lowest BCUT2D eigenvalue weighted by molar-refractivity contribution is -0.137. The third-order valence-electron chi connectivity index (χ3n) is 6.37. The van der Waals surface area contributed by atoms with Crippen LogP contribution in [0, 0.1) is 11.7 Å². The Bertz CT molecular complexity index is 1080. The lowest BCUT2D eigenvalue weighted by Gasteiger charge is -2.39. The smallest absolute Gasteiger partial charge is 0.225 e. The van der Waals surface area contributed by atoms with Gasteiger partial charge in [-0.05, 0) is 49.2 Å². The number of anilines is 1. The van der Waals surface area contributed by atoms with Gasteiger partial charge >= 0.3 is 0 Å². The van der Waals surface area contributed by atoms with Crippen LogP contribution in [0.3, 0.4) is 0 Å². The first-order valence-corrected chi connectivity index (χ1v) is 13.3. The van der Waals surface area contributed by atoms with Crippen LogP contribution < -0.4 is 4.90 Å². The second kappa shape index (κ2) is 10.2. The topological polar surface area (TPSA) is 60.9 Å². The van der Waals surface area contributed by atoms with E-state index in [0.717, 1.165) is 5.69 Å². The predicted octanol–water partition coefficient (Wildman–Crippen LogP) is 4.02. The fraction of sp³-hybridized carbons (Fsp3) is 0.435. The molecular formula is C23H26Cl2FN3O3S. The highest BCUT2D eigenvalue weighted by Crippen LogP contribution is 2.29. The normalized spacial score (nSPS) is 18.5. The van der Waals surface area contributed by atoms with Crippen molar-refractivity contribution in [3.05, 3.63) is 63.9 Å². The number of carbonyl (C=O) groups excluding carboxylic acids is 1. The number of hydrogen-bond acceptors (Lipinski definition) is 4. The van der Waals surface area contributed by atoms with Gasteiger partial charge in [-0.25, -0.2) is 17.1 Å². The number of sulfonamides is 1. The number of rotatable bonds is 5. The zero-order chi connectivity index (χ0) is 23.6. The Morgan fingerprint density at radius 2 is 1.48 bits per heavy atom. The third-order valence-corrected chi connectivity index (χ3v) is 8.88. The number of piperidine rings is 1. The summed E-state index contributed by atoms with van der Waals surface area (Å²) in [6, 6.07) is 11.3. The van der Waals surface area contributed by atoms with E-state index in [1.165, 1.54) is 16.4 Å². The van der Waals surface area contributed by atoms with Crippen LogP contribution in [0.5, 0.6) is 0 Å². The average molecular weight is 514 g/mol. The summed E-state index contributed by atoms with van der Waals surface area (Å²) in [7, 11) is -3.59. The van der Waals surface area contributed by atoms with E-state index >= 15 is 0 Å². The number of piperazine rings is 1. The minimum atomic E-state index is -3.59. The van der Waals surface area contributed by atoms with E-state index in [1.54, 1.807) is 30.3 Å². The van der Waals surface area contributed by atoms with Crippen LogP contribution in [0.2, 0.25) is 10.0 Å². The van der Waals surface area contributed by atoms with E-state index in [1.807, 2.05) is 4.90 Å². The van der Waals surface area contributed by atoms with Crippen LogP contribution in [0.15, 0.2) is 42.5 Å². The Morgan fingerprint density at radius 3 is 2.06 bits per heavy atom. The van der Waals surface area contributed by atoms with E-state index < -0.39 is 10.0 Å². The monoisotopic (exact) mass is 513 g/mol. The van der Waals surface area contributed by atoms with Gasteiger partial charge in [0.1, 0.15) is 5.82 Å². The molecule has 1 amide bonds. The predicted molar refractivity (Wildman–Crippen MR) is 129 cm³/mol. The number of nitrogens with zero attached hydrogens (tertiary/aromatic N) is 3. The van der Waals surface area contributed by atoms with E-state index in [-0.39, 0.29) is 23.4 Å². The molecule has 2 aliphatic rings. The fourth-order valence-electron chi connectivity index (χ4n) is 4.42. The molecule has 0 radical (unpaired) electrons. The first-order chi connectivity index (χ1) is 15.7. The molecule has 2 heterocycles. The maximum Gasteiger partial charge on any atom is 0.225 e. The molecule has 0 aromatic heterocycles. The standard InChI is InChI=1S/C23H26Cl2FN3O3S/c24-21-2-1-3-22(25)20(21)16-33(31,32)29-10-8-17(9-11-29)23(30)28-14-12-27(13-15-28)19-6-4-18(26)5-7-19/h1-7,17H,8-16H2. The van der Waals surface area contributed by atoms with E-state index in [0.29, 0.717) is 67.7 Å². The summed E-state index contributed by atoms with van der Waals surface area (Å²) in [5.74, 6) is -0.622. The Labute approximate surface area is 203 Å². The molecule has 2 saturated heterocycles. The Morgan fingerprint density at radius 1 is 0.909 bits per heavy atom. The molecule has 0 bridgehead atoms. The van der Waals surface area contributed by atoms with Crippen molar-refractivity contribution in [2.24, 2.45) is 5.92 Å². The largest absolute Gasteiger partial charge is 0.368 e. The first kappa shape index (κ1) is 24.3. The summed E-state index contributed by atoms with van der Waals surface area (Å²) in [6.07, 6.45) is 0.985. The second-order valence-corrected chi connectivity index (χ2v) is 11.2. The van der Waals surface area contributed by atoms with Crippen LogP contribution in [0.25, 0.3) is 0 Å². The highest BCUT2D eigenvalue weighted by atomic mass is 35.5. The average Bonchev–Trinajstić information content (AvgIpc) is 2.82. The molecular weight excluding hydrogens is 488 g/mol. The quantitative estimate of drug-likeness (QED) is 0.605. The van der Waals surface area contributed by atoms with Crippen molar-refractivity contribution < 1.29 is 17.6 Å². The van der Waals surface area contributed by atoms with Crippen molar-refractivity contribution >= 4 is 44.8 Å². The van der Waals surface area contributed by atoms with Crippen molar-refractivity contribution in [1.82, 2.24) is 9.21 Å². The van der Waals surface area contributed by atoms with Crippen LogP contribution in [0.4, 0.5) is 10.1 Å². The van der Waals surface area contributed by atoms with Gasteiger partial charge in [0, 0.05) is 66.5 Å². The summed E-state index contributed by atoms with van der Waals surface area (Å²) >= 11 is 12.3. The van der Waals surface area contributed by atoms with Crippen molar-refractivity contribution in [2.45, 2.75) is 18.6 Å². The SMILES string of the molecule is O=C(C1CCN(S(=O)(=O)Cc2c(Cl)cccc2Cl)CC1)N1CCN(c2ccc(F)cc2)CC1. The highest BCUT2D eigenvalue weighted by molar-refractivity contribution is 7.88. The van der Waals surface area contributed by atoms with E-state index in [9.17, 15) is 17.6 Å². The molecule has 0 N–H and O–H groups in total. The number of amides is 1. The van der Waals surface area contributed by atoms with E-state index in [2.05, 4.69) is 4.90 Å². The van der Waals surface area contributed by atoms with Crippen molar-refractivity contribution in [2.75, 3.05) is 44.2 Å². The van der Waals surface area contributed by atoms with E-state index in [4.69, 9.17) is 23.2 Å². The molecule has 10 heteroatoms. The lowest BCUT2D eigenvalue weighted by atomic mass is 9.96. The summed E-state index contributed by atoms with van der Waals surface area (Å²) in [4.78, 5) is 17.0. The van der Waals surface area contributed by atoms with Crippen LogP contribution >= 0.6 is 23.2 Å². The molecule has 0 spiro atoms. The molecule has 2 aromatic carbocycles. The summed E-state index contributed by atoms with van der Waals surface area (Å²) in [5, 5.41) is 0.659. The molecule has 0 saturated carbocycles. The zero-order valence-electron chi connectivity index (χ0n) is 18.1. The molecule has 33 heavy (non-hydrogen) atoms. The maximum absolute atomic E-state index is 13.1. The molecule has 2 aromatic rings. The zero-order valence-corrected chi connectivity index (χ0v) is 20.4. The second-order valence-electron chi connectivity index (χ2n) is 8.42. The van der Waals surface area contributed by atoms with Gasteiger partial charge in [0.15, 0.2) is 0 Å². The molecule has 0 aliphatic carbocycles. The molecule has 2 aliphatic heterocycles. The van der Waals surface area contributed by atoms with Gasteiger partial charge in [-0.3, -0.25) is 4.79 Å². The Balaban J connectivity index is 1.30. The highest BCUT2D eigenvalue weighted by Gasteiger charge is 2.34. The maximum atomic E-state index is 13.1. The molecule has 4 rings (SSSR count). The lowest BCUT2D eigenvalue weighted by Crippen LogP contribution is -2.52. The number of hydrogen-bond donors (Lipinski definition) is 0. The van der Waals surface area contributed by atoms with Crippen LogP contribution in [-0.2, 0) is 20.6 Å². The van der Waals surface area contributed by atoms with Crippen molar-refractivity contribution in [3.63, 3.8) is 0 Å². The number of carbonyl (C=O) groups is 1. The fourth-order valence-corrected chi connectivity index (χ4v) is 6.74. The van der Waals surface area contributed by atoms with Crippen LogP contribution in [-0.4, -0.2) is 62.8 Å². The summed E-state index contributed by atoms with van der Waals surface area (Å²) in [6.45, 7) is 3.17. The van der Waals surface area contributed by atoms with Gasteiger partial charge in [0.25, 0.3) is 0 Å². The van der Waals surface area contributed by atoms with Gasteiger partial charge in [-0.2, -0.15) is 0 Å². The molecule has 0 unspecified atom stereocenters. The first-order valence-electron chi connectivity index (χ1n) is 10.9. The molecule has 2 fully saturated rings. The summed E-state index contributed by atoms with van der Waals surface area (Å²) in [5.41, 5.74) is 1.35. The third kappa shape index (κ3) is 5.62. The molecule has 0 atom stereocenters. The molecule has 178 valence electrons. The Kier molecular flexibility index (Phi) is 7.48. The number of halogens is 3. The van der Waals surface area contributed by atoms with Gasteiger partial charge in [-0.1, -0.05) is 29.3 Å². The van der Waals surface area contributed by atoms with Gasteiger partial charge in [0.2, 0.25) is 15.9 Å². The minimum Gasteiger partial charge on any atom is -0.368 e. The van der Waals surface area contributed by atoms with Crippen molar-refractivity contribution in [1.29, 1.82) is 0 Å². The molecule has 6 nitrogen and oxygen atoms in total. The minimum absolute atomic E-state index is 0.0833. The Hall–Kier alpha value is -1.87. The van der Waals surface area contributed by atoms with Crippen LogP contribution in [0.1, 0.15) is 18.4 Å². The summed E-state index contributed by atoms with van der Waals surface area (Å²) < 4.78 is 40.4. The van der Waals surface area contributed by atoms with Gasteiger partial charge in [-0.15, -0.1) is 0 Å². The van der Waals surface area contributed by atoms with Crippen molar-refractivity contribution in [3.8, 4) is 0 Å². The number of benzene rings is 2.